The molecule has 2 aromatic carbocycles. The Morgan fingerprint density at radius 1 is 1.11 bits per heavy atom. The summed E-state index contributed by atoms with van der Waals surface area (Å²) in [6.45, 7) is 6.17. The molecule has 0 aliphatic carbocycles. The van der Waals surface area contributed by atoms with Crippen molar-refractivity contribution in [3.8, 4) is 0 Å². The van der Waals surface area contributed by atoms with Crippen LogP contribution in [0.25, 0.3) is 0 Å². The Morgan fingerprint density at radius 2 is 1.79 bits per heavy atom. The number of benzene rings is 2. The number of hydrogen-bond acceptors (Lipinski definition) is 1. The molecule has 1 unspecified atom stereocenters. The second-order valence-electron chi connectivity index (χ2n) is 4.97. The van der Waals surface area contributed by atoms with E-state index >= 15 is 0 Å². The zero-order valence-electron chi connectivity index (χ0n) is 11.6. The van der Waals surface area contributed by atoms with Gasteiger partial charge in [-0.05, 0) is 54.7 Å². The summed E-state index contributed by atoms with van der Waals surface area (Å²) in [5, 5.41) is 11.2. The summed E-state index contributed by atoms with van der Waals surface area (Å²) < 4.78 is 0.988. The van der Waals surface area contributed by atoms with Gasteiger partial charge in [0, 0.05) is 4.47 Å². The van der Waals surface area contributed by atoms with Crippen molar-refractivity contribution in [2.24, 2.45) is 0 Å². The second kappa shape index (κ2) is 5.48. The summed E-state index contributed by atoms with van der Waals surface area (Å²) in [4.78, 5) is 0. The molecule has 2 aromatic rings. The fraction of sp³-hybridized carbons (Fsp3) is 0.294. The standard InChI is InChI=1S/C17H19BrO/c1-4-17(19,14-8-6-9-15(18)11-14)16-10-5-7-12(2)13(16)3/h5-11,19H,4H2,1-3H3. The molecule has 0 saturated heterocycles. The van der Waals surface area contributed by atoms with E-state index in [1.54, 1.807) is 0 Å². The Kier molecular flexibility index (Phi) is 4.12. The molecule has 1 nitrogen and oxygen atoms in total. The van der Waals surface area contributed by atoms with E-state index in [1.165, 1.54) is 5.56 Å². The van der Waals surface area contributed by atoms with Crippen LogP contribution in [0.15, 0.2) is 46.9 Å². The molecule has 0 spiro atoms. The van der Waals surface area contributed by atoms with Gasteiger partial charge in [0.1, 0.15) is 5.60 Å². The van der Waals surface area contributed by atoms with E-state index in [0.717, 1.165) is 21.2 Å². The molecule has 2 heteroatoms. The predicted molar refractivity (Wildman–Crippen MR) is 83.3 cm³/mol. The van der Waals surface area contributed by atoms with Crippen molar-refractivity contribution >= 4 is 15.9 Å². The topological polar surface area (TPSA) is 20.2 Å². The summed E-state index contributed by atoms with van der Waals surface area (Å²) in [5.74, 6) is 0. The van der Waals surface area contributed by atoms with E-state index in [4.69, 9.17) is 0 Å². The minimum absolute atomic E-state index is 0.647. The number of aryl methyl sites for hydroxylation is 1. The van der Waals surface area contributed by atoms with Crippen molar-refractivity contribution < 1.29 is 5.11 Å². The summed E-state index contributed by atoms with van der Waals surface area (Å²) >= 11 is 3.48. The van der Waals surface area contributed by atoms with Crippen LogP contribution in [0.2, 0.25) is 0 Å². The van der Waals surface area contributed by atoms with Crippen LogP contribution in [0, 0.1) is 13.8 Å². The van der Waals surface area contributed by atoms with E-state index in [2.05, 4.69) is 35.8 Å². The van der Waals surface area contributed by atoms with E-state index in [1.807, 2.05) is 43.3 Å². The quantitative estimate of drug-likeness (QED) is 0.868. The highest BCUT2D eigenvalue weighted by Gasteiger charge is 2.31. The van der Waals surface area contributed by atoms with Crippen LogP contribution in [-0.4, -0.2) is 5.11 Å². The van der Waals surface area contributed by atoms with Gasteiger partial charge in [-0.1, -0.05) is 53.2 Å². The van der Waals surface area contributed by atoms with Gasteiger partial charge in [0.05, 0.1) is 0 Å². The maximum Gasteiger partial charge on any atom is 0.115 e. The van der Waals surface area contributed by atoms with Crippen LogP contribution in [0.1, 0.15) is 35.6 Å². The molecule has 0 fully saturated rings. The lowest BCUT2D eigenvalue weighted by molar-refractivity contribution is 0.0757. The van der Waals surface area contributed by atoms with Gasteiger partial charge in [0.25, 0.3) is 0 Å². The van der Waals surface area contributed by atoms with E-state index in [0.29, 0.717) is 6.42 Å². The molecule has 1 atom stereocenters. The van der Waals surface area contributed by atoms with Crippen molar-refractivity contribution in [1.82, 2.24) is 0 Å². The molecule has 19 heavy (non-hydrogen) atoms. The fourth-order valence-electron chi connectivity index (χ4n) is 2.49. The Hall–Kier alpha value is -1.12. The first-order chi connectivity index (χ1) is 8.99. The van der Waals surface area contributed by atoms with Gasteiger partial charge in [-0.3, -0.25) is 0 Å². The zero-order chi connectivity index (χ0) is 14.0. The molecule has 0 saturated carbocycles. The number of halogens is 1. The van der Waals surface area contributed by atoms with Crippen LogP contribution in [-0.2, 0) is 5.60 Å². The number of rotatable bonds is 3. The third kappa shape index (κ3) is 2.60. The fourth-order valence-corrected chi connectivity index (χ4v) is 2.89. The van der Waals surface area contributed by atoms with Gasteiger partial charge in [-0.25, -0.2) is 0 Å². The minimum atomic E-state index is -0.931. The number of hydrogen-bond donors (Lipinski definition) is 1. The van der Waals surface area contributed by atoms with Crippen LogP contribution in [0.4, 0.5) is 0 Å². The molecule has 1 N–H and O–H groups in total. The van der Waals surface area contributed by atoms with Crippen molar-refractivity contribution in [2.45, 2.75) is 32.8 Å². The lowest BCUT2D eigenvalue weighted by Crippen LogP contribution is -2.27. The average molecular weight is 319 g/mol. The molecule has 0 radical (unpaired) electrons. The molecule has 0 bridgehead atoms. The third-order valence-corrected chi connectivity index (χ3v) is 4.36. The van der Waals surface area contributed by atoms with Gasteiger partial charge in [0.2, 0.25) is 0 Å². The minimum Gasteiger partial charge on any atom is -0.380 e. The molecule has 0 aliphatic rings. The first-order valence-electron chi connectivity index (χ1n) is 6.54. The Balaban J connectivity index is 2.63. The lowest BCUT2D eigenvalue weighted by atomic mass is 9.81. The van der Waals surface area contributed by atoms with Gasteiger partial charge >= 0.3 is 0 Å². The Labute approximate surface area is 123 Å². The maximum absolute atomic E-state index is 11.2. The van der Waals surface area contributed by atoms with Crippen LogP contribution in [0.5, 0.6) is 0 Å². The third-order valence-electron chi connectivity index (χ3n) is 3.86. The monoisotopic (exact) mass is 318 g/mol. The first kappa shape index (κ1) is 14.3. The van der Waals surface area contributed by atoms with Gasteiger partial charge in [-0.2, -0.15) is 0 Å². The summed E-state index contributed by atoms with van der Waals surface area (Å²) in [6, 6.07) is 14.0. The highest BCUT2D eigenvalue weighted by molar-refractivity contribution is 9.10. The SMILES string of the molecule is CCC(O)(c1cccc(Br)c1)c1cccc(C)c1C. The van der Waals surface area contributed by atoms with E-state index < -0.39 is 5.60 Å². The molecule has 0 heterocycles. The zero-order valence-corrected chi connectivity index (χ0v) is 13.2. The first-order valence-corrected chi connectivity index (χ1v) is 7.33. The second-order valence-corrected chi connectivity index (χ2v) is 5.89. The normalized spacial score (nSPS) is 14.2. The van der Waals surface area contributed by atoms with Crippen LogP contribution >= 0.6 is 15.9 Å². The van der Waals surface area contributed by atoms with Crippen LogP contribution < -0.4 is 0 Å². The average Bonchev–Trinajstić information content (AvgIpc) is 2.41. The summed E-state index contributed by atoms with van der Waals surface area (Å²) in [7, 11) is 0. The Bertz CT molecular complexity index is 592. The van der Waals surface area contributed by atoms with Crippen molar-refractivity contribution in [2.75, 3.05) is 0 Å². The summed E-state index contributed by atoms with van der Waals surface area (Å²) in [6.07, 6.45) is 0.647. The van der Waals surface area contributed by atoms with Crippen LogP contribution in [0.3, 0.4) is 0 Å². The predicted octanol–water partition coefficient (Wildman–Crippen LogP) is 4.71. The van der Waals surface area contributed by atoms with Crippen molar-refractivity contribution in [1.29, 1.82) is 0 Å². The van der Waals surface area contributed by atoms with Crippen molar-refractivity contribution in [3.63, 3.8) is 0 Å². The van der Waals surface area contributed by atoms with E-state index in [9.17, 15) is 5.11 Å². The smallest absolute Gasteiger partial charge is 0.115 e. The largest absolute Gasteiger partial charge is 0.380 e. The lowest BCUT2D eigenvalue weighted by Gasteiger charge is -2.30. The molecule has 0 amide bonds. The van der Waals surface area contributed by atoms with Gasteiger partial charge in [0.15, 0.2) is 0 Å². The molecule has 100 valence electrons. The maximum atomic E-state index is 11.2. The molecule has 0 aliphatic heterocycles. The number of aliphatic hydroxyl groups is 1. The van der Waals surface area contributed by atoms with Gasteiger partial charge in [-0.15, -0.1) is 0 Å². The van der Waals surface area contributed by atoms with Gasteiger partial charge < -0.3 is 5.11 Å². The van der Waals surface area contributed by atoms with Crippen molar-refractivity contribution in [3.05, 3.63) is 69.2 Å². The highest BCUT2D eigenvalue weighted by atomic mass is 79.9. The Morgan fingerprint density at radius 3 is 2.42 bits per heavy atom. The van der Waals surface area contributed by atoms with E-state index in [-0.39, 0.29) is 0 Å². The summed E-state index contributed by atoms with van der Waals surface area (Å²) in [5.41, 5.74) is 3.36. The highest BCUT2D eigenvalue weighted by Crippen LogP contribution is 2.36. The molecular formula is C17H19BrO. The molecular weight excluding hydrogens is 300 g/mol. The molecule has 0 aromatic heterocycles. The molecule has 2 rings (SSSR count).